The molecule has 1 heterocycles. The summed E-state index contributed by atoms with van der Waals surface area (Å²) in [5.74, 6) is 1.73. The second kappa shape index (κ2) is 6.79. The highest BCUT2D eigenvalue weighted by Crippen LogP contribution is 2.29. The van der Waals surface area contributed by atoms with Crippen molar-refractivity contribution in [3.05, 3.63) is 41.7 Å². The predicted octanol–water partition coefficient (Wildman–Crippen LogP) is 3.28. The molecule has 0 radical (unpaired) electrons. The molecule has 1 N–H and O–H groups in total. The van der Waals surface area contributed by atoms with Gasteiger partial charge in [0.2, 0.25) is 0 Å². The summed E-state index contributed by atoms with van der Waals surface area (Å²) < 4.78 is 0. The van der Waals surface area contributed by atoms with Crippen LogP contribution in [0.2, 0.25) is 0 Å². The molecule has 0 saturated carbocycles. The summed E-state index contributed by atoms with van der Waals surface area (Å²) in [5.41, 5.74) is 1.87. The molecule has 0 aliphatic carbocycles. The molecule has 0 spiro atoms. The van der Waals surface area contributed by atoms with E-state index in [0.717, 1.165) is 36.5 Å². The maximum Gasteiger partial charge on any atom is 0.189 e. The number of nitrogens with one attached hydrogen (secondary N) is 1. The standard InChI is InChI=1S/C18H26N2O/c1-5-20(6-2)18-16(14-10-8-7-9-11-14)17(21)15(19-18)12-13(3)4/h7-11,13,15,19H,5-6,12H2,1-4H3. The molecule has 3 heteroatoms. The van der Waals surface area contributed by atoms with Gasteiger partial charge in [0, 0.05) is 13.1 Å². The molecule has 3 nitrogen and oxygen atoms in total. The first-order valence-corrected chi connectivity index (χ1v) is 7.93. The van der Waals surface area contributed by atoms with E-state index in [4.69, 9.17) is 0 Å². The van der Waals surface area contributed by atoms with Gasteiger partial charge >= 0.3 is 0 Å². The molecule has 0 aromatic heterocycles. The molecule has 114 valence electrons. The molecule has 0 bridgehead atoms. The van der Waals surface area contributed by atoms with Gasteiger partial charge in [-0.25, -0.2) is 0 Å². The minimum atomic E-state index is -0.0872. The number of ketones is 1. The van der Waals surface area contributed by atoms with E-state index >= 15 is 0 Å². The van der Waals surface area contributed by atoms with Crippen LogP contribution in [0.25, 0.3) is 5.57 Å². The van der Waals surface area contributed by atoms with Gasteiger partial charge in [0.15, 0.2) is 5.78 Å². The Morgan fingerprint density at radius 3 is 2.29 bits per heavy atom. The minimum Gasteiger partial charge on any atom is -0.361 e. The molecule has 1 unspecified atom stereocenters. The minimum absolute atomic E-state index is 0.0872. The Balaban J connectivity index is 2.41. The Morgan fingerprint density at radius 2 is 1.76 bits per heavy atom. The van der Waals surface area contributed by atoms with Gasteiger partial charge in [0.1, 0.15) is 5.82 Å². The van der Waals surface area contributed by atoms with Gasteiger partial charge in [-0.05, 0) is 31.7 Å². The van der Waals surface area contributed by atoms with Crippen LogP contribution in [0.5, 0.6) is 0 Å². The first kappa shape index (κ1) is 15.6. The number of Topliss-reactive ketones (excluding diaryl/α,β-unsaturated/α-hetero) is 1. The second-order valence-corrected chi connectivity index (χ2v) is 5.95. The number of nitrogens with zero attached hydrogens (tertiary/aromatic N) is 1. The lowest BCUT2D eigenvalue weighted by atomic mass is 9.95. The average Bonchev–Trinajstić information content (AvgIpc) is 2.78. The summed E-state index contributed by atoms with van der Waals surface area (Å²) in [7, 11) is 0. The summed E-state index contributed by atoms with van der Waals surface area (Å²) in [6.07, 6.45) is 0.875. The molecule has 0 fully saturated rings. The van der Waals surface area contributed by atoms with Gasteiger partial charge in [-0.2, -0.15) is 0 Å². The van der Waals surface area contributed by atoms with Crippen molar-refractivity contribution in [1.82, 2.24) is 10.2 Å². The Morgan fingerprint density at radius 1 is 1.14 bits per heavy atom. The van der Waals surface area contributed by atoms with Crippen LogP contribution in [0.1, 0.15) is 39.7 Å². The Labute approximate surface area is 128 Å². The maximum absolute atomic E-state index is 12.8. The van der Waals surface area contributed by atoms with Crippen LogP contribution in [0.4, 0.5) is 0 Å². The van der Waals surface area contributed by atoms with Crippen molar-refractivity contribution >= 4 is 11.4 Å². The Hall–Kier alpha value is -1.77. The average molecular weight is 286 g/mol. The van der Waals surface area contributed by atoms with E-state index in [1.165, 1.54) is 0 Å². The highest BCUT2D eigenvalue weighted by Gasteiger charge is 2.35. The molecule has 1 aliphatic heterocycles. The van der Waals surface area contributed by atoms with E-state index in [-0.39, 0.29) is 11.8 Å². The monoisotopic (exact) mass is 286 g/mol. The summed E-state index contributed by atoms with van der Waals surface area (Å²) in [6, 6.07) is 9.93. The summed E-state index contributed by atoms with van der Waals surface area (Å²) in [5, 5.41) is 3.48. The topological polar surface area (TPSA) is 32.3 Å². The highest BCUT2D eigenvalue weighted by atomic mass is 16.1. The quantitative estimate of drug-likeness (QED) is 0.871. The number of hydrogen-bond acceptors (Lipinski definition) is 3. The van der Waals surface area contributed by atoms with Crippen molar-refractivity contribution in [2.45, 2.75) is 40.2 Å². The van der Waals surface area contributed by atoms with Crippen LogP contribution in [0, 0.1) is 5.92 Å². The van der Waals surface area contributed by atoms with Crippen molar-refractivity contribution in [2.24, 2.45) is 5.92 Å². The van der Waals surface area contributed by atoms with Crippen molar-refractivity contribution in [3.8, 4) is 0 Å². The molecule has 2 rings (SSSR count). The van der Waals surface area contributed by atoms with Crippen LogP contribution in [-0.2, 0) is 4.79 Å². The first-order chi connectivity index (χ1) is 10.1. The zero-order chi connectivity index (χ0) is 15.4. The Kier molecular flexibility index (Phi) is 5.05. The molecular formula is C18H26N2O. The third-order valence-corrected chi connectivity index (χ3v) is 3.96. The van der Waals surface area contributed by atoms with E-state index in [1.54, 1.807) is 0 Å². The molecule has 1 atom stereocenters. The molecule has 21 heavy (non-hydrogen) atoms. The lowest BCUT2D eigenvalue weighted by molar-refractivity contribution is -0.115. The summed E-state index contributed by atoms with van der Waals surface area (Å²) in [4.78, 5) is 15.1. The first-order valence-electron chi connectivity index (χ1n) is 7.93. The second-order valence-electron chi connectivity index (χ2n) is 5.95. The lowest BCUT2D eigenvalue weighted by Gasteiger charge is -2.25. The van der Waals surface area contributed by atoms with E-state index in [0.29, 0.717) is 5.92 Å². The van der Waals surface area contributed by atoms with E-state index in [1.807, 2.05) is 30.3 Å². The number of carbonyl (C=O) groups excluding carboxylic acids is 1. The molecule has 1 aliphatic rings. The van der Waals surface area contributed by atoms with Gasteiger partial charge in [0.05, 0.1) is 11.6 Å². The smallest absolute Gasteiger partial charge is 0.189 e. The highest BCUT2D eigenvalue weighted by molar-refractivity contribution is 6.26. The predicted molar refractivity (Wildman–Crippen MR) is 87.7 cm³/mol. The number of hydrogen-bond donors (Lipinski definition) is 1. The van der Waals surface area contributed by atoms with Crippen LogP contribution < -0.4 is 5.32 Å². The molecule has 0 amide bonds. The van der Waals surface area contributed by atoms with Gasteiger partial charge < -0.3 is 10.2 Å². The third-order valence-electron chi connectivity index (χ3n) is 3.96. The normalized spacial score (nSPS) is 18.3. The van der Waals surface area contributed by atoms with Gasteiger partial charge in [-0.1, -0.05) is 44.2 Å². The molecule has 0 saturated heterocycles. The fourth-order valence-electron chi connectivity index (χ4n) is 2.90. The van der Waals surface area contributed by atoms with E-state index in [2.05, 4.69) is 37.9 Å². The molecular weight excluding hydrogens is 260 g/mol. The van der Waals surface area contributed by atoms with Crippen LogP contribution >= 0.6 is 0 Å². The summed E-state index contributed by atoms with van der Waals surface area (Å²) >= 11 is 0. The maximum atomic E-state index is 12.8. The zero-order valence-corrected chi connectivity index (χ0v) is 13.5. The fraction of sp³-hybridized carbons (Fsp3) is 0.500. The van der Waals surface area contributed by atoms with Gasteiger partial charge in [-0.15, -0.1) is 0 Å². The largest absolute Gasteiger partial charge is 0.361 e. The third kappa shape index (κ3) is 3.29. The van der Waals surface area contributed by atoms with Gasteiger partial charge in [0.25, 0.3) is 0 Å². The molecule has 1 aromatic carbocycles. The SMILES string of the molecule is CCN(CC)C1=C(c2ccccc2)C(=O)C(CC(C)C)N1. The van der Waals surface area contributed by atoms with Gasteiger partial charge in [-0.3, -0.25) is 4.79 Å². The van der Waals surface area contributed by atoms with E-state index in [9.17, 15) is 4.79 Å². The van der Waals surface area contributed by atoms with Crippen LogP contribution in [-0.4, -0.2) is 29.8 Å². The number of benzene rings is 1. The summed E-state index contributed by atoms with van der Waals surface area (Å²) in [6.45, 7) is 10.4. The molecule has 1 aromatic rings. The van der Waals surface area contributed by atoms with E-state index < -0.39 is 0 Å². The number of rotatable bonds is 6. The van der Waals surface area contributed by atoms with Crippen molar-refractivity contribution in [1.29, 1.82) is 0 Å². The van der Waals surface area contributed by atoms with Crippen molar-refractivity contribution in [3.63, 3.8) is 0 Å². The van der Waals surface area contributed by atoms with Crippen LogP contribution in [0.15, 0.2) is 36.2 Å². The van der Waals surface area contributed by atoms with Crippen molar-refractivity contribution < 1.29 is 4.79 Å². The lowest BCUT2D eigenvalue weighted by Crippen LogP contribution is -2.36. The Bertz CT molecular complexity index is 515. The van der Waals surface area contributed by atoms with Crippen molar-refractivity contribution in [2.75, 3.05) is 13.1 Å². The fourth-order valence-corrected chi connectivity index (χ4v) is 2.90. The zero-order valence-electron chi connectivity index (χ0n) is 13.5. The van der Waals surface area contributed by atoms with Crippen LogP contribution in [0.3, 0.4) is 0 Å². The number of carbonyl (C=O) groups is 1.